The smallest absolute Gasteiger partial charge is 0.220 e. The number of carbonyl (C=O) groups excluding carboxylic acids is 1. The van der Waals surface area contributed by atoms with Gasteiger partial charge in [0.2, 0.25) is 5.91 Å². The molecule has 21 heavy (non-hydrogen) atoms. The maximum atomic E-state index is 12.1. The topological polar surface area (TPSA) is 42.8 Å². The van der Waals surface area contributed by atoms with Crippen LogP contribution in [0, 0.1) is 5.92 Å². The van der Waals surface area contributed by atoms with Gasteiger partial charge in [-0.15, -0.1) is 11.3 Å². The molecular weight excluding hydrogens is 284 g/mol. The first kappa shape index (κ1) is 16.5. The summed E-state index contributed by atoms with van der Waals surface area (Å²) < 4.78 is 5.48. The Hall–Kier alpha value is -0.910. The Kier molecular flexibility index (Phi) is 6.21. The zero-order valence-corrected chi connectivity index (χ0v) is 14.0. The Morgan fingerprint density at radius 2 is 2.10 bits per heavy atom. The monoisotopic (exact) mass is 311 g/mol. The van der Waals surface area contributed by atoms with Crippen molar-refractivity contribution in [1.82, 2.24) is 5.32 Å². The minimum absolute atomic E-state index is 0.142. The van der Waals surface area contributed by atoms with Crippen LogP contribution in [0.25, 0.3) is 0 Å². The fourth-order valence-corrected chi connectivity index (χ4v) is 3.97. The highest BCUT2D eigenvalue weighted by Crippen LogP contribution is 2.20. The standard InChI is InChI=1S/C16H26N2O2S/c1-12(2)11-15(19)17-13(3)16(14-5-4-10-21-14)18-6-8-20-9-7-18/h4-5,10,12-13,16H,6-9,11H2,1-3H3,(H,17,19)/p+1/t13-,16-/m0/s1. The molecule has 2 N–H and O–H groups in total. The molecule has 0 saturated carbocycles. The van der Waals surface area contributed by atoms with Gasteiger partial charge < -0.3 is 15.0 Å². The van der Waals surface area contributed by atoms with Crippen LogP contribution in [0.2, 0.25) is 0 Å². The highest BCUT2D eigenvalue weighted by Gasteiger charge is 2.32. The zero-order valence-electron chi connectivity index (χ0n) is 13.2. The number of amides is 1. The fourth-order valence-electron chi connectivity index (χ4n) is 2.98. The van der Waals surface area contributed by atoms with Gasteiger partial charge >= 0.3 is 0 Å². The quantitative estimate of drug-likeness (QED) is 0.830. The van der Waals surface area contributed by atoms with E-state index in [0.29, 0.717) is 18.4 Å². The molecule has 1 aromatic heterocycles. The lowest BCUT2D eigenvalue weighted by atomic mass is 10.0. The summed E-state index contributed by atoms with van der Waals surface area (Å²) in [5.74, 6) is 0.555. The Morgan fingerprint density at radius 3 is 2.67 bits per heavy atom. The van der Waals surface area contributed by atoms with Crippen LogP contribution < -0.4 is 10.2 Å². The predicted molar refractivity (Wildman–Crippen MR) is 85.6 cm³/mol. The molecule has 0 radical (unpaired) electrons. The summed E-state index contributed by atoms with van der Waals surface area (Å²) in [5, 5.41) is 5.32. The van der Waals surface area contributed by atoms with E-state index in [1.54, 1.807) is 11.3 Å². The van der Waals surface area contributed by atoms with Gasteiger partial charge in [0, 0.05) is 6.42 Å². The number of carbonyl (C=O) groups is 1. The van der Waals surface area contributed by atoms with Crippen molar-refractivity contribution in [3.63, 3.8) is 0 Å². The molecule has 2 rings (SSSR count). The van der Waals surface area contributed by atoms with E-state index in [2.05, 4.69) is 43.6 Å². The average Bonchev–Trinajstić information content (AvgIpc) is 2.92. The van der Waals surface area contributed by atoms with Crippen molar-refractivity contribution in [3.8, 4) is 0 Å². The largest absolute Gasteiger partial charge is 0.370 e. The van der Waals surface area contributed by atoms with Gasteiger partial charge in [-0.2, -0.15) is 0 Å². The van der Waals surface area contributed by atoms with Crippen molar-refractivity contribution >= 4 is 17.2 Å². The van der Waals surface area contributed by atoms with Gasteiger partial charge in [0.1, 0.15) is 19.1 Å². The summed E-state index contributed by atoms with van der Waals surface area (Å²) in [7, 11) is 0. The number of morpholine rings is 1. The maximum absolute atomic E-state index is 12.1. The van der Waals surface area contributed by atoms with Crippen molar-refractivity contribution in [2.45, 2.75) is 39.3 Å². The van der Waals surface area contributed by atoms with E-state index in [0.717, 1.165) is 26.3 Å². The second-order valence-electron chi connectivity index (χ2n) is 6.22. The van der Waals surface area contributed by atoms with Gasteiger partial charge in [-0.25, -0.2) is 0 Å². The van der Waals surface area contributed by atoms with Crippen molar-refractivity contribution in [3.05, 3.63) is 22.4 Å². The Balaban J connectivity index is 2.05. The fraction of sp³-hybridized carbons (Fsp3) is 0.688. The van der Waals surface area contributed by atoms with Gasteiger partial charge in [-0.1, -0.05) is 19.9 Å². The molecular formula is C16H27N2O2S+. The molecule has 1 saturated heterocycles. The number of quaternary nitrogens is 1. The molecule has 0 spiro atoms. The van der Waals surface area contributed by atoms with Gasteiger partial charge in [-0.05, 0) is 24.3 Å². The molecule has 1 fully saturated rings. The number of hydrogen-bond donors (Lipinski definition) is 2. The summed E-state index contributed by atoms with van der Waals surface area (Å²) in [6, 6.07) is 4.74. The number of hydrogen-bond acceptors (Lipinski definition) is 3. The molecule has 0 bridgehead atoms. The van der Waals surface area contributed by atoms with E-state index in [1.807, 2.05) is 0 Å². The first-order chi connectivity index (χ1) is 10.1. The van der Waals surface area contributed by atoms with Crippen LogP contribution in [0.4, 0.5) is 0 Å². The number of nitrogens with one attached hydrogen (secondary N) is 2. The first-order valence-electron chi connectivity index (χ1n) is 7.83. The lowest BCUT2D eigenvalue weighted by Crippen LogP contribution is -3.15. The average molecular weight is 311 g/mol. The molecule has 2 heterocycles. The molecule has 2 atom stereocenters. The Labute approximate surface area is 131 Å². The van der Waals surface area contributed by atoms with E-state index >= 15 is 0 Å². The van der Waals surface area contributed by atoms with Gasteiger partial charge in [0.15, 0.2) is 0 Å². The predicted octanol–water partition coefficient (Wildman–Crippen LogP) is 1.26. The highest BCUT2D eigenvalue weighted by atomic mass is 32.1. The normalized spacial score (nSPS) is 19.4. The van der Waals surface area contributed by atoms with Crippen molar-refractivity contribution in [2.75, 3.05) is 26.3 Å². The van der Waals surface area contributed by atoms with Crippen molar-refractivity contribution in [2.24, 2.45) is 5.92 Å². The van der Waals surface area contributed by atoms with E-state index in [9.17, 15) is 4.79 Å². The summed E-state index contributed by atoms with van der Waals surface area (Å²) in [6.45, 7) is 9.92. The van der Waals surface area contributed by atoms with E-state index in [-0.39, 0.29) is 11.9 Å². The zero-order chi connectivity index (χ0) is 15.2. The maximum Gasteiger partial charge on any atom is 0.220 e. The van der Waals surface area contributed by atoms with Crippen LogP contribution in [0.3, 0.4) is 0 Å². The van der Waals surface area contributed by atoms with Crippen molar-refractivity contribution < 1.29 is 14.4 Å². The summed E-state index contributed by atoms with van der Waals surface area (Å²) in [4.78, 5) is 14.9. The number of rotatable bonds is 6. The first-order valence-corrected chi connectivity index (χ1v) is 8.71. The lowest BCUT2D eigenvalue weighted by Gasteiger charge is -2.34. The van der Waals surface area contributed by atoms with E-state index in [1.165, 1.54) is 9.78 Å². The SMILES string of the molecule is CC(C)CC(=O)N[C@@H](C)[C@@H](c1cccs1)[NH+]1CCOCC1. The van der Waals surface area contributed by atoms with Crippen LogP contribution in [-0.2, 0) is 9.53 Å². The van der Waals surface area contributed by atoms with Crippen LogP contribution in [0.15, 0.2) is 17.5 Å². The molecule has 0 unspecified atom stereocenters. The van der Waals surface area contributed by atoms with Crippen LogP contribution >= 0.6 is 11.3 Å². The highest BCUT2D eigenvalue weighted by molar-refractivity contribution is 7.10. The number of ether oxygens (including phenoxy) is 1. The van der Waals surface area contributed by atoms with Crippen LogP contribution in [0.1, 0.15) is 38.1 Å². The Bertz CT molecular complexity index is 427. The minimum atomic E-state index is 0.142. The third-order valence-electron chi connectivity index (χ3n) is 3.91. The lowest BCUT2D eigenvalue weighted by molar-refractivity contribution is -0.939. The van der Waals surface area contributed by atoms with Crippen LogP contribution in [0.5, 0.6) is 0 Å². The third-order valence-corrected chi connectivity index (χ3v) is 4.86. The molecule has 4 nitrogen and oxygen atoms in total. The van der Waals surface area contributed by atoms with Crippen molar-refractivity contribution in [1.29, 1.82) is 0 Å². The van der Waals surface area contributed by atoms with E-state index in [4.69, 9.17) is 4.74 Å². The molecule has 0 aromatic carbocycles. The molecule has 1 amide bonds. The Morgan fingerprint density at radius 1 is 1.38 bits per heavy atom. The third kappa shape index (κ3) is 4.80. The molecule has 1 aliphatic rings. The molecule has 118 valence electrons. The van der Waals surface area contributed by atoms with Crippen LogP contribution in [-0.4, -0.2) is 38.3 Å². The molecule has 0 aliphatic carbocycles. The summed E-state index contributed by atoms with van der Waals surface area (Å²) in [6.07, 6.45) is 0.597. The molecule has 1 aliphatic heterocycles. The minimum Gasteiger partial charge on any atom is -0.370 e. The molecule has 1 aromatic rings. The summed E-state index contributed by atoms with van der Waals surface area (Å²) >= 11 is 1.78. The summed E-state index contributed by atoms with van der Waals surface area (Å²) in [5.41, 5.74) is 0. The van der Waals surface area contributed by atoms with Gasteiger partial charge in [-0.3, -0.25) is 4.79 Å². The van der Waals surface area contributed by atoms with Gasteiger partial charge in [0.25, 0.3) is 0 Å². The van der Waals surface area contributed by atoms with E-state index < -0.39 is 0 Å². The van der Waals surface area contributed by atoms with Gasteiger partial charge in [0.05, 0.1) is 24.1 Å². The molecule has 5 heteroatoms. The second-order valence-corrected chi connectivity index (χ2v) is 7.20. The second kappa shape index (κ2) is 7.92. The number of thiophene rings is 1.